The van der Waals surface area contributed by atoms with Gasteiger partial charge in [0.1, 0.15) is 6.61 Å². The van der Waals surface area contributed by atoms with Crippen molar-refractivity contribution >= 4 is 0 Å². The summed E-state index contributed by atoms with van der Waals surface area (Å²) in [5, 5.41) is 8.72. The Balaban J connectivity index is 1.60. The third-order valence-electron chi connectivity index (χ3n) is 4.56. The SMILES string of the molecule is OCC#Cc1ccc(CN2CCCN3CCCC3C2)cc1. The molecule has 3 nitrogen and oxygen atoms in total. The first-order valence-corrected chi connectivity index (χ1v) is 8.00. The van der Waals surface area contributed by atoms with Crippen LogP contribution in [0.5, 0.6) is 0 Å². The molecule has 0 radical (unpaired) electrons. The average Bonchev–Trinajstić information content (AvgIpc) is 2.85. The van der Waals surface area contributed by atoms with Crippen LogP contribution >= 0.6 is 0 Å². The van der Waals surface area contributed by atoms with Crippen molar-refractivity contribution < 1.29 is 5.11 Å². The van der Waals surface area contributed by atoms with E-state index in [1.54, 1.807) is 0 Å². The van der Waals surface area contributed by atoms with Gasteiger partial charge in [-0.1, -0.05) is 24.0 Å². The van der Waals surface area contributed by atoms with Crippen LogP contribution in [0.4, 0.5) is 0 Å². The quantitative estimate of drug-likeness (QED) is 0.838. The molecule has 0 spiro atoms. The number of aliphatic hydroxyl groups is 1. The molecule has 2 saturated heterocycles. The molecule has 1 aromatic rings. The highest BCUT2D eigenvalue weighted by Gasteiger charge is 2.28. The summed E-state index contributed by atoms with van der Waals surface area (Å²) in [6, 6.07) is 9.22. The van der Waals surface area contributed by atoms with Gasteiger partial charge in [0.25, 0.3) is 0 Å². The van der Waals surface area contributed by atoms with E-state index in [0.717, 1.165) is 18.2 Å². The summed E-state index contributed by atoms with van der Waals surface area (Å²) >= 11 is 0. The Kier molecular flexibility index (Phi) is 4.92. The highest BCUT2D eigenvalue weighted by molar-refractivity contribution is 5.36. The van der Waals surface area contributed by atoms with Gasteiger partial charge in [-0.25, -0.2) is 0 Å². The van der Waals surface area contributed by atoms with Gasteiger partial charge in [0.05, 0.1) is 0 Å². The number of hydrogen-bond donors (Lipinski definition) is 1. The van der Waals surface area contributed by atoms with Crippen molar-refractivity contribution in [1.29, 1.82) is 0 Å². The molecule has 2 fully saturated rings. The Morgan fingerprint density at radius 2 is 1.90 bits per heavy atom. The average molecular weight is 284 g/mol. The molecule has 3 rings (SSSR count). The summed E-state index contributed by atoms with van der Waals surface area (Å²) in [4.78, 5) is 5.28. The molecule has 0 bridgehead atoms. The van der Waals surface area contributed by atoms with Crippen molar-refractivity contribution in [2.45, 2.75) is 31.8 Å². The highest BCUT2D eigenvalue weighted by atomic mass is 16.2. The minimum absolute atomic E-state index is 0.0760. The first kappa shape index (κ1) is 14.6. The zero-order valence-corrected chi connectivity index (χ0v) is 12.6. The van der Waals surface area contributed by atoms with Crippen LogP contribution in [0.25, 0.3) is 0 Å². The molecule has 1 atom stereocenters. The third kappa shape index (κ3) is 3.85. The molecule has 1 N–H and O–H groups in total. The summed E-state index contributed by atoms with van der Waals surface area (Å²) in [6.07, 6.45) is 4.03. The molecule has 1 aromatic carbocycles. The molecular weight excluding hydrogens is 260 g/mol. The fourth-order valence-corrected chi connectivity index (χ4v) is 3.52. The largest absolute Gasteiger partial charge is 0.384 e. The first-order valence-electron chi connectivity index (χ1n) is 8.00. The summed E-state index contributed by atoms with van der Waals surface area (Å²) in [5.74, 6) is 5.63. The zero-order chi connectivity index (χ0) is 14.5. The van der Waals surface area contributed by atoms with E-state index in [1.807, 2.05) is 0 Å². The smallest absolute Gasteiger partial charge is 0.104 e. The molecule has 2 aliphatic rings. The van der Waals surface area contributed by atoms with Gasteiger partial charge in [-0.3, -0.25) is 9.80 Å². The minimum Gasteiger partial charge on any atom is -0.384 e. The van der Waals surface area contributed by atoms with Gasteiger partial charge < -0.3 is 5.11 Å². The van der Waals surface area contributed by atoms with Crippen LogP contribution in [-0.4, -0.2) is 53.7 Å². The summed E-state index contributed by atoms with van der Waals surface area (Å²) in [5.41, 5.74) is 2.33. The van der Waals surface area contributed by atoms with Crippen LogP contribution in [0.2, 0.25) is 0 Å². The number of fused-ring (bicyclic) bond motifs is 1. The van der Waals surface area contributed by atoms with Crippen molar-refractivity contribution in [3.8, 4) is 11.8 Å². The van der Waals surface area contributed by atoms with Crippen molar-refractivity contribution in [3.05, 3.63) is 35.4 Å². The lowest BCUT2D eigenvalue weighted by Gasteiger charge is -2.25. The molecule has 0 aromatic heterocycles. The van der Waals surface area contributed by atoms with Crippen LogP contribution in [0, 0.1) is 11.8 Å². The first-order chi connectivity index (χ1) is 10.3. The van der Waals surface area contributed by atoms with E-state index in [9.17, 15) is 0 Å². The number of aliphatic hydroxyl groups excluding tert-OH is 1. The van der Waals surface area contributed by atoms with Crippen molar-refractivity contribution in [3.63, 3.8) is 0 Å². The third-order valence-corrected chi connectivity index (χ3v) is 4.56. The van der Waals surface area contributed by atoms with Crippen LogP contribution in [0.15, 0.2) is 24.3 Å². The monoisotopic (exact) mass is 284 g/mol. The maximum Gasteiger partial charge on any atom is 0.104 e. The van der Waals surface area contributed by atoms with E-state index >= 15 is 0 Å². The van der Waals surface area contributed by atoms with Crippen LogP contribution in [0.3, 0.4) is 0 Å². The normalized spacial score (nSPS) is 23.2. The second kappa shape index (κ2) is 7.09. The van der Waals surface area contributed by atoms with Crippen molar-refractivity contribution in [1.82, 2.24) is 9.80 Å². The Bertz CT molecular complexity index is 514. The van der Waals surface area contributed by atoms with E-state index < -0.39 is 0 Å². The van der Waals surface area contributed by atoms with E-state index in [0.29, 0.717) is 0 Å². The highest BCUT2D eigenvalue weighted by Crippen LogP contribution is 2.22. The van der Waals surface area contributed by atoms with E-state index in [4.69, 9.17) is 5.11 Å². The predicted molar refractivity (Wildman–Crippen MR) is 84.9 cm³/mol. The minimum atomic E-state index is -0.0760. The fraction of sp³-hybridized carbons (Fsp3) is 0.556. The van der Waals surface area contributed by atoms with Crippen LogP contribution in [0.1, 0.15) is 30.4 Å². The van der Waals surface area contributed by atoms with Gasteiger partial charge in [-0.2, -0.15) is 0 Å². The molecule has 2 aliphatic heterocycles. The lowest BCUT2D eigenvalue weighted by molar-refractivity contribution is 0.215. The number of rotatable bonds is 2. The molecule has 112 valence electrons. The predicted octanol–water partition coefficient (Wildman–Crippen LogP) is 1.70. The molecule has 2 heterocycles. The summed E-state index contributed by atoms with van der Waals surface area (Å²) in [6.45, 7) is 5.96. The molecule has 0 amide bonds. The van der Waals surface area contributed by atoms with E-state index in [1.165, 1.54) is 51.0 Å². The molecular formula is C18H24N2O. The van der Waals surface area contributed by atoms with Crippen LogP contribution in [-0.2, 0) is 6.54 Å². The molecule has 3 heteroatoms. The lowest BCUT2D eigenvalue weighted by Crippen LogP contribution is -2.36. The second-order valence-electron chi connectivity index (χ2n) is 6.08. The van der Waals surface area contributed by atoms with Gasteiger partial charge in [0.2, 0.25) is 0 Å². The maximum absolute atomic E-state index is 8.72. The van der Waals surface area contributed by atoms with Crippen molar-refractivity contribution in [2.75, 3.05) is 32.8 Å². The van der Waals surface area contributed by atoms with Gasteiger partial charge in [0.15, 0.2) is 0 Å². The number of benzene rings is 1. The van der Waals surface area contributed by atoms with Gasteiger partial charge >= 0.3 is 0 Å². The van der Waals surface area contributed by atoms with Gasteiger partial charge in [0, 0.05) is 24.7 Å². The Morgan fingerprint density at radius 1 is 1.10 bits per heavy atom. The maximum atomic E-state index is 8.72. The lowest BCUT2D eigenvalue weighted by atomic mass is 10.1. The fourth-order valence-electron chi connectivity index (χ4n) is 3.52. The standard InChI is InChI=1S/C18H24N2O/c21-13-2-4-16-6-8-17(9-7-16)14-19-10-3-12-20-11-1-5-18(20)15-19/h6-9,18,21H,1,3,5,10-15H2. The Morgan fingerprint density at radius 3 is 2.71 bits per heavy atom. The summed E-state index contributed by atoms with van der Waals surface area (Å²) in [7, 11) is 0. The number of hydrogen-bond acceptors (Lipinski definition) is 3. The molecule has 21 heavy (non-hydrogen) atoms. The van der Waals surface area contributed by atoms with Gasteiger partial charge in [-0.05, 0) is 56.6 Å². The van der Waals surface area contributed by atoms with E-state index in [-0.39, 0.29) is 6.61 Å². The van der Waals surface area contributed by atoms with E-state index in [2.05, 4.69) is 45.9 Å². The van der Waals surface area contributed by atoms with Crippen molar-refractivity contribution in [2.24, 2.45) is 0 Å². The number of nitrogens with zero attached hydrogens (tertiary/aromatic N) is 2. The van der Waals surface area contributed by atoms with Crippen LogP contribution < -0.4 is 0 Å². The second-order valence-corrected chi connectivity index (χ2v) is 6.08. The Hall–Kier alpha value is -1.34. The summed E-state index contributed by atoms with van der Waals surface area (Å²) < 4.78 is 0. The Labute approximate surface area is 127 Å². The zero-order valence-electron chi connectivity index (χ0n) is 12.6. The molecule has 0 aliphatic carbocycles. The molecule has 0 saturated carbocycles. The van der Waals surface area contributed by atoms with Gasteiger partial charge in [-0.15, -0.1) is 0 Å². The molecule has 1 unspecified atom stereocenters. The topological polar surface area (TPSA) is 26.7 Å².